The van der Waals surface area contributed by atoms with Gasteiger partial charge < -0.3 is 15.1 Å². The Bertz CT molecular complexity index is 1160. The van der Waals surface area contributed by atoms with Crippen LogP contribution in [0.3, 0.4) is 0 Å². The lowest BCUT2D eigenvalue weighted by Crippen LogP contribution is -2.47. The number of piperazine rings is 1. The Hall–Kier alpha value is -3.20. The standard InChI is InChI=1S/C23H27BrN8/c1-4-6-18(14-25-3)15-27-20-13-21(29-23-19(24)16-28-32(20)23)30-9-11-31(12-10-30)22-17(2)7-5-8-26-22/h4-8,13-14,16,27H,1,9-12,15H2,2-3H3/b18-6+,25-14?. The molecule has 0 radical (unpaired) electrons. The molecule has 1 saturated heterocycles. The van der Waals surface area contributed by atoms with Gasteiger partial charge in [-0.05, 0) is 40.1 Å². The monoisotopic (exact) mass is 494 g/mol. The van der Waals surface area contributed by atoms with Crippen LogP contribution in [0.4, 0.5) is 17.5 Å². The molecule has 0 spiro atoms. The third-order valence-electron chi connectivity index (χ3n) is 5.40. The van der Waals surface area contributed by atoms with E-state index in [4.69, 9.17) is 4.98 Å². The van der Waals surface area contributed by atoms with Crippen molar-refractivity contribution in [1.82, 2.24) is 19.6 Å². The van der Waals surface area contributed by atoms with Crippen molar-refractivity contribution in [2.24, 2.45) is 4.99 Å². The van der Waals surface area contributed by atoms with Crippen molar-refractivity contribution in [3.8, 4) is 0 Å². The number of pyridine rings is 1. The minimum absolute atomic E-state index is 0.603. The molecule has 0 saturated carbocycles. The molecule has 4 rings (SSSR count). The van der Waals surface area contributed by atoms with Gasteiger partial charge in [0.2, 0.25) is 0 Å². The van der Waals surface area contributed by atoms with Gasteiger partial charge in [-0.1, -0.05) is 24.8 Å². The number of fused-ring (bicyclic) bond motifs is 1. The highest BCUT2D eigenvalue weighted by molar-refractivity contribution is 9.10. The number of allylic oxidation sites excluding steroid dienone is 2. The van der Waals surface area contributed by atoms with Crippen LogP contribution in [0.5, 0.6) is 0 Å². The Morgan fingerprint density at radius 2 is 2.06 bits per heavy atom. The van der Waals surface area contributed by atoms with Crippen molar-refractivity contribution in [1.29, 1.82) is 0 Å². The second kappa shape index (κ2) is 9.95. The predicted molar refractivity (Wildman–Crippen MR) is 135 cm³/mol. The maximum Gasteiger partial charge on any atom is 0.173 e. The first kappa shape index (κ1) is 22.0. The maximum absolute atomic E-state index is 4.88. The molecule has 0 amide bonds. The van der Waals surface area contributed by atoms with E-state index in [-0.39, 0.29) is 0 Å². The summed E-state index contributed by atoms with van der Waals surface area (Å²) in [6.45, 7) is 10.0. The first-order chi connectivity index (χ1) is 15.6. The van der Waals surface area contributed by atoms with Crippen molar-refractivity contribution in [2.45, 2.75) is 6.92 Å². The zero-order valence-electron chi connectivity index (χ0n) is 18.4. The summed E-state index contributed by atoms with van der Waals surface area (Å²) < 4.78 is 2.68. The van der Waals surface area contributed by atoms with Crippen molar-refractivity contribution in [3.63, 3.8) is 0 Å². The number of nitrogens with zero attached hydrogens (tertiary/aromatic N) is 7. The molecule has 32 heavy (non-hydrogen) atoms. The van der Waals surface area contributed by atoms with Gasteiger partial charge in [-0.2, -0.15) is 9.61 Å². The van der Waals surface area contributed by atoms with Crippen LogP contribution >= 0.6 is 15.9 Å². The van der Waals surface area contributed by atoms with Gasteiger partial charge in [0.1, 0.15) is 17.5 Å². The van der Waals surface area contributed by atoms with Crippen LogP contribution in [-0.4, -0.2) is 65.6 Å². The van der Waals surface area contributed by atoms with E-state index in [0.717, 1.165) is 59.3 Å². The molecule has 0 unspecified atom stereocenters. The SMILES string of the molecule is C=C/C=C(\C=NC)CNc1cc(N2CCN(c3ncccc3C)CC2)nc2c(Br)cnn12. The van der Waals surface area contributed by atoms with E-state index in [0.29, 0.717) is 6.54 Å². The fraction of sp³-hybridized carbons (Fsp3) is 0.304. The molecule has 0 aromatic carbocycles. The van der Waals surface area contributed by atoms with E-state index in [9.17, 15) is 0 Å². The van der Waals surface area contributed by atoms with Crippen molar-refractivity contribution in [3.05, 3.63) is 64.9 Å². The largest absolute Gasteiger partial charge is 0.366 e. The molecular weight excluding hydrogens is 468 g/mol. The van der Waals surface area contributed by atoms with Crippen molar-refractivity contribution >= 4 is 45.2 Å². The van der Waals surface area contributed by atoms with Gasteiger partial charge in [-0.15, -0.1) is 0 Å². The lowest BCUT2D eigenvalue weighted by Gasteiger charge is -2.36. The first-order valence-electron chi connectivity index (χ1n) is 10.5. The van der Waals surface area contributed by atoms with Gasteiger partial charge in [0.15, 0.2) is 5.65 Å². The normalized spacial score (nSPS) is 15.0. The zero-order valence-corrected chi connectivity index (χ0v) is 20.0. The molecule has 0 bridgehead atoms. The van der Waals surface area contributed by atoms with Crippen LogP contribution in [0.15, 0.2) is 64.4 Å². The summed E-state index contributed by atoms with van der Waals surface area (Å²) in [6.07, 6.45) is 9.16. The number of aliphatic imine (C=N–C) groups is 1. The smallest absolute Gasteiger partial charge is 0.173 e. The second-order valence-electron chi connectivity index (χ2n) is 7.56. The van der Waals surface area contributed by atoms with Crippen LogP contribution in [0.1, 0.15) is 5.56 Å². The lowest BCUT2D eigenvalue weighted by molar-refractivity contribution is 0.640. The maximum atomic E-state index is 4.88. The predicted octanol–water partition coefficient (Wildman–Crippen LogP) is 3.75. The highest BCUT2D eigenvalue weighted by Gasteiger charge is 2.22. The Balaban J connectivity index is 1.56. The van der Waals surface area contributed by atoms with Crippen molar-refractivity contribution in [2.75, 3.05) is 54.9 Å². The van der Waals surface area contributed by atoms with Crippen LogP contribution < -0.4 is 15.1 Å². The number of hydrogen-bond donors (Lipinski definition) is 1. The molecule has 9 heteroatoms. The third kappa shape index (κ3) is 4.67. The van der Waals surface area contributed by atoms with E-state index < -0.39 is 0 Å². The molecule has 1 N–H and O–H groups in total. The molecular formula is C23H27BrN8. The number of aryl methyl sites for hydroxylation is 1. The van der Waals surface area contributed by atoms with Crippen LogP contribution in [-0.2, 0) is 0 Å². The summed E-state index contributed by atoms with van der Waals surface area (Å²) in [5.41, 5.74) is 3.01. The van der Waals surface area contributed by atoms with Crippen molar-refractivity contribution < 1.29 is 0 Å². The number of halogens is 1. The minimum atomic E-state index is 0.603. The molecule has 0 aliphatic carbocycles. The molecule has 3 aromatic rings. The van der Waals surface area contributed by atoms with Crippen LogP contribution in [0, 0.1) is 6.92 Å². The summed E-state index contributed by atoms with van der Waals surface area (Å²) in [7, 11) is 1.76. The molecule has 166 valence electrons. The van der Waals surface area contributed by atoms with E-state index >= 15 is 0 Å². The first-order valence-corrected chi connectivity index (χ1v) is 11.3. The summed E-state index contributed by atoms with van der Waals surface area (Å²) in [5, 5.41) is 7.95. The number of anilines is 3. The average molecular weight is 495 g/mol. The molecule has 0 atom stereocenters. The number of rotatable bonds is 7. The average Bonchev–Trinajstić information content (AvgIpc) is 3.19. The summed E-state index contributed by atoms with van der Waals surface area (Å²) in [6, 6.07) is 6.15. The zero-order chi connectivity index (χ0) is 22.5. The minimum Gasteiger partial charge on any atom is -0.366 e. The molecule has 1 aliphatic rings. The number of hydrogen-bond acceptors (Lipinski definition) is 7. The number of aromatic nitrogens is 4. The molecule has 1 aliphatic heterocycles. The summed E-state index contributed by atoms with van der Waals surface area (Å²) in [4.78, 5) is 18.2. The topological polar surface area (TPSA) is 74.0 Å². The fourth-order valence-corrected chi connectivity index (χ4v) is 4.17. The Morgan fingerprint density at radius 3 is 2.78 bits per heavy atom. The van der Waals surface area contributed by atoms with E-state index in [1.54, 1.807) is 19.3 Å². The third-order valence-corrected chi connectivity index (χ3v) is 5.96. The van der Waals surface area contributed by atoms with E-state index in [2.05, 4.69) is 71.8 Å². The van der Waals surface area contributed by atoms with Gasteiger partial charge in [0, 0.05) is 58.2 Å². The Morgan fingerprint density at radius 1 is 1.28 bits per heavy atom. The summed E-state index contributed by atoms with van der Waals surface area (Å²) >= 11 is 3.58. The van der Waals surface area contributed by atoms with Gasteiger partial charge in [-0.3, -0.25) is 4.99 Å². The van der Waals surface area contributed by atoms with E-state index in [1.165, 1.54) is 5.56 Å². The van der Waals surface area contributed by atoms with Crippen LogP contribution in [0.25, 0.3) is 5.65 Å². The highest BCUT2D eigenvalue weighted by atomic mass is 79.9. The molecule has 4 heterocycles. The Kier molecular flexibility index (Phi) is 6.84. The van der Waals surface area contributed by atoms with Crippen LogP contribution in [0.2, 0.25) is 0 Å². The van der Waals surface area contributed by atoms with Gasteiger partial charge in [-0.25, -0.2) is 9.97 Å². The molecule has 3 aromatic heterocycles. The van der Waals surface area contributed by atoms with E-state index in [1.807, 2.05) is 29.1 Å². The molecule has 1 fully saturated rings. The van der Waals surface area contributed by atoms with Gasteiger partial charge in [0.25, 0.3) is 0 Å². The van der Waals surface area contributed by atoms with Gasteiger partial charge in [0.05, 0.1) is 10.7 Å². The second-order valence-corrected chi connectivity index (χ2v) is 8.42. The highest BCUT2D eigenvalue weighted by Crippen LogP contribution is 2.26. The lowest BCUT2D eigenvalue weighted by atomic mass is 10.2. The molecule has 8 nitrogen and oxygen atoms in total. The van der Waals surface area contributed by atoms with Gasteiger partial charge >= 0.3 is 0 Å². The number of nitrogens with one attached hydrogen (secondary N) is 1. The Labute approximate surface area is 196 Å². The summed E-state index contributed by atoms with van der Waals surface area (Å²) in [5.74, 6) is 2.87. The fourth-order valence-electron chi connectivity index (χ4n) is 3.82. The quantitative estimate of drug-likeness (QED) is 0.398.